The van der Waals surface area contributed by atoms with Gasteiger partial charge >= 0.3 is 0 Å². The Hall–Kier alpha value is -1.11. The van der Waals surface area contributed by atoms with E-state index in [9.17, 15) is 4.39 Å². The smallest absolute Gasteiger partial charge is 0.123 e. The first-order chi connectivity index (χ1) is 5.81. The average Bonchev–Trinajstić information content (AvgIpc) is 2.46. The van der Waals surface area contributed by atoms with Crippen LogP contribution in [0.3, 0.4) is 0 Å². The van der Waals surface area contributed by atoms with E-state index < -0.39 is 0 Å². The molecule has 12 heavy (non-hydrogen) atoms. The van der Waals surface area contributed by atoms with Gasteiger partial charge < -0.3 is 0 Å². The zero-order valence-corrected chi connectivity index (χ0v) is 6.89. The normalized spacial score (nSPS) is 20.6. The molecule has 0 N–H and O–H groups in total. The maximum atomic E-state index is 12.8. The molecule has 0 spiro atoms. The van der Waals surface area contributed by atoms with E-state index in [1.54, 1.807) is 6.07 Å². The molecule has 1 aliphatic carbocycles. The van der Waals surface area contributed by atoms with Crippen molar-refractivity contribution in [1.82, 2.24) is 0 Å². The molecule has 1 heteroatoms. The number of halogens is 1. The largest absolute Gasteiger partial charge is 0.207 e. The molecule has 0 aliphatic heterocycles. The summed E-state index contributed by atoms with van der Waals surface area (Å²) in [6.45, 7) is 3.77. The molecule has 1 atom stereocenters. The second-order valence-electron chi connectivity index (χ2n) is 3.22. The molecule has 1 aliphatic rings. The number of allylic oxidation sites excluding steroid dienone is 1. The van der Waals surface area contributed by atoms with Gasteiger partial charge in [0.15, 0.2) is 0 Å². The zero-order chi connectivity index (χ0) is 8.55. The van der Waals surface area contributed by atoms with Crippen LogP contribution in [0.25, 0.3) is 0 Å². The highest BCUT2D eigenvalue weighted by molar-refractivity contribution is 5.37. The number of rotatable bonds is 1. The highest BCUT2D eigenvalue weighted by Crippen LogP contribution is 2.33. The van der Waals surface area contributed by atoms with E-state index in [1.165, 1.54) is 11.6 Å². The van der Waals surface area contributed by atoms with Crippen LogP contribution in [0.1, 0.15) is 23.5 Å². The summed E-state index contributed by atoms with van der Waals surface area (Å²) in [7, 11) is 0. The Kier molecular flexibility index (Phi) is 1.72. The lowest BCUT2D eigenvalue weighted by molar-refractivity contribution is 0.626. The molecule has 62 valence electrons. The Labute approximate surface area is 71.7 Å². The Bertz CT molecular complexity index is 315. The summed E-state index contributed by atoms with van der Waals surface area (Å²) in [4.78, 5) is 0. The predicted molar refractivity (Wildman–Crippen MR) is 47.7 cm³/mol. The van der Waals surface area contributed by atoms with Gasteiger partial charge in [-0.05, 0) is 36.1 Å². The van der Waals surface area contributed by atoms with Crippen molar-refractivity contribution in [2.45, 2.75) is 18.8 Å². The molecule has 0 amide bonds. The molecule has 0 nitrogen and oxygen atoms in total. The Balaban J connectivity index is 2.47. The minimum Gasteiger partial charge on any atom is -0.207 e. The quantitative estimate of drug-likeness (QED) is 0.557. The topological polar surface area (TPSA) is 0 Å². The first-order valence-electron chi connectivity index (χ1n) is 4.22. The van der Waals surface area contributed by atoms with Gasteiger partial charge in [0.2, 0.25) is 0 Å². The first-order valence-corrected chi connectivity index (χ1v) is 4.22. The molecule has 0 aromatic heterocycles. The van der Waals surface area contributed by atoms with Crippen molar-refractivity contribution in [1.29, 1.82) is 0 Å². The van der Waals surface area contributed by atoms with Crippen molar-refractivity contribution in [3.63, 3.8) is 0 Å². The van der Waals surface area contributed by atoms with Gasteiger partial charge in [0.25, 0.3) is 0 Å². The SMILES string of the molecule is C=CC1CCc2cc(F)ccc21. The number of benzene rings is 1. The number of hydrogen-bond acceptors (Lipinski definition) is 0. The van der Waals surface area contributed by atoms with Crippen LogP contribution in [0.15, 0.2) is 30.9 Å². The third kappa shape index (κ3) is 1.06. The Morgan fingerprint density at radius 2 is 2.33 bits per heavy atom. The van der Waals surface area contributed by atoms with E-state index >= 15 is 0 Å². The monoisotopic (exact) mass is 162 g/mol. The van der Waals surface area contributed by atoms with Crippen LogP contribution in [0.2, 0.25) is 0 Å². The summed E-state index contributed by atoms with van der Waals surface area (Å²) in [5, 5.41) is 0. The lowest BCUT2D eigenvalue weighted by atomic mass is 10.0. The number of hydrogen-bond donors (Lipinski definition) is 0. The summed E-state index contributed by atoms with van der Waals surface area (Å²) in [5.41, 5.74) is 2.41. The fourth-order valence-electron chi connectivity index (χ4n) is 1.86. The summed E-state index contributed by atoms with van der Waals surface area (Å²) >= 11 is 0. The van der Waals surface area contributed by atoms with Crippen molar-refractivity contribution in [2.75, 3.05) is 0 Å². The van der Waals surface area contributed by atoms with Crippen molar-refractivity contribution >= 4 is 0 Å². The van der Waals surface area contributed by atoms with Crippen LogP contribution in [-0.2, 0) is 6.42 Å². The molecule has 0 saturated carbocycles. The summed E-state index contributed by atoms with van der Waals surface area (Å²) < 4.78 is 12.8. The van der Waals surface area contributed by atoms with Gasteiger partial charge in [0, 0.05) is 5.92 Å². The van der Waals surface area contributed by atoms with Crippen molar-refractivity contribution in [3.05, 3.63) is 47.8 Å². The number of fused-ring (bicyclic) bond motifs is 1. The molecule has 0 fully saturated rings. The second kappa shape index (κ2) is 2.74. The molecule has 0 saturated heterocycles. The second-order valence-corrected chi connectivity index (χ2v) is 3.22. The highest BCUT2D eigenvalue weighted by Gasteiger charge is 2.19. The molecular weight excluding hydrogens is 151 g/mol. The van der Waals surface area contributed by atoms with Gasteiger partial charge in [-0.3, -0.25) is 0 Å². The van der Waals surface area contributed by atoms with Crippen LogP contribution in [0.4, 0.5) is 4.39 Å². The maximum absolute atomic E-state index is 12.8. The minimum atomic E-state index is -0.126. The maximum Gasteiger partial charge on any atom is 0.123 e. The fourth-order valence-corrected chi connectivity index (χ4v) is 1.86. The molecule has 1 aromatic carbocycles. The van der Waals surface area contributed by atoms with Crippen LogP contribution in [0.5, 0.6) is 0 Å². The number of aryl methyl sites for hydroxylation is 1. The summed E-state index contributed by atoms with van der Waals surface area (Å²) in [6, 6.07) is 5.05. The third-order valence-electron chi connectivity index (χ3n) is 2.51. The van der Waals surface area contributed by atoms with E-state index in [-0.39, 0.29) is 5.82 Å². The lowest BCUT2D eigenvalue weighted by Gasteiger charge is -2.03. The predicted octanol–water partition coefficient (Wildman–Crippen LogP) is 3.04. The Morgan fingerprint density at radius 3 is 3.08 bits per heavy atom. The molecule has 0 heterocycles. The summed E-state index contributed by atoms with van der Waals surface area (Å²) in [5.74, 6) is 0.319. The molecular formula is C11H11F. The molecule has 1 unspecified atom stereocenters. The molecule has 2 rings (SSSR count). The van der Waals surface area contributed by atoms with Gasteiger partial charge in [0.1, 0.15) is 5.82 Å². The molecule has 1 aromatic rings. The lowest BCUT2D eigenvalue weighted by Crippen LogP contribution is -1.87. The van der Waals surface area contributed by atoms with Crippen molar-refractivity contribution in [3.8, 4) is 0 Å². The highest BCUT2D eigenvalue weighted by atomic mass is 19.1. The van der Waals surface area contributed by atoms with Gasteiger partial charge in [-0.15, -0.1) is 6.58 Å². The van der Waals surface area contributed by atoms with Crippen molar-refractivity contribution < 1.29 is 4.39 Å². The Morgan fingerprint density at radius 1 is 1.50 bits per heavy atom. The van der Waals surface area contributed by atoms with E-state index in [4.69, 9.17) is 0 Å². The first kappa shape index (κ1) is 7.53. The van der Waals surface area contributed by atoms with Crippen LogP contribution >= 0.6 is 0 Å². The van der Waals surface area contributed by atoms with Gasteiger partial charge in [0.05, 0.1) is 0 Å². The van der Waals surface area contributed by atoms with Crippen LogP contribution < -0.4 is 0 Å². The van der Waals surface area contributed by atoms with Crippen molar-refractivity contribution in [2.24, 2.45) is 0 Å². The minimum absolute atomic E-state index is 0.126. The average molecular weight is 162 g/mol. The van der Waals surface area contributed by atoms with E-state index in [2.05, 4.69) is 6.58 Å². The molecule has 0 bridgehead atoms. The van der Waals surface area contributed by atoms with E-state index in [0.29, 0.717) is 5.92 Å². The molecule has 0 radical (unpaired) electrons. The fraction of sp³-hybridized carbons (Fsp3) is 0.273. The third-order valence-corrected chi connectivity index (χ3v) is 2.51. The van der Waals surface area contributed by atoms with Crippen LogP contribution in [0, 0.1) is 5.82 Å². The van der Waals surface area contributed by atoms with Crippen LogP contribution in [-0.4, -0.2) is 0 Å². The van der Waals surface area contributed by atoms with Gasteiger partial charge in [-0.25, -0.2) is 4.39 Å². The van der Waals surface area contributed by atoms with Gasteiger partial charge in [-0.2, -0.15) is 0 Å². The zero-order valence-electron chi connectivity index (χ0n) is 6.89. The van der Waals surface area contributed by atoms with Gasteiger partial charge in [-0.1, -0.05) is 12.1 Å². The van der Waals surface area contributed by atoms with E-state index in [0.717, 1.165) is 18.4 Å². The summed E-state index contributed by atoms with van der Waals surface area (Å²) in [6.07, 6.45) is 4.02. The standard InChI is InChI=1S/C11H11F/c1-2-8-3-4-9-7-10(12)5-6-11(8)9/h2,5-8H,1,3-4H2. The van der Waals surface area contributed by atoms with E-state index in [1.807, 2.05) is 12.1 Å².